The van der Waals surface area contributed by atoms with Gasteiger partial charge in [-0.15, -0.1) is 0 Å². The number of furan rings is 1. The summed E-state index contributed by atoms with van der Waals surface area (Å²) in [5.41, 5.74) is 1.80. The van der Waals surface area contributed by atoms with Gasteiger partial charge in [-0.25, -0.2) is 9.79 Å². The van der Waals surface area contributed by atoms with Crippen LogP contribution in [-0.4, -0.2) is 23.2 Å². The number of halogens is 2. The van der Waals surface area contributed by atoms with Crippen molar-refractivity contribution in [2.75, 3.05) is 6.61 Å². The lowest BCUT2D eigenvalue weighted by Gasteiger charge is -2.26. The van der Waals surface area contributed by atoms with Gasteiger partial charge in [0.05, 0.1) is 33.5 Å². The molecular formula is C30H26Cl2N2O5S. The maximum Gasteiger partial charge on any atom is 0.338 e. The quantitative estimate of drug-likeness (QED) is 0.239. The number of carbonyl (C=O) groups excluding carboxylic acids is 1. The molecule has 0 radical (unpaired) electrons. The van der Waals surface area contributed by atoms with E-state index in [9.17, 15) is 9.59 Å². The zero-order valence-corrected chi connectivity index (χ0v) is 24.6. The molecule has 3 heterocycles. The third kappa shape index (κ3) is 5.39. The normalized spacial score (nSPS) is 15.3. The molecule has 0 amide bonds. The summed E-state index contributed by atoms with van der Waals surface area (Å²) in [4.78, 5) is 32.2. The molecule has 0 aliphatic carbocycles. The number of hydrogen-bond acceptors (Lipinski definition) is 7. The van der Waals surface area contributed by atoms with Crippen LogP contribution in [0.4, 0.5) is 0 Å². The van der Waals surface area contributed by atoms with Crippen molar-refractivity contribution in [2.24, 2.45) is 4.99 Å². The van der Waals surface area contributed by atoms with Gasteiger partial charge in [0, 0.05) is 22.2 Å². The van der Waals surface area contributed by atoms with Crippen LogP contribution in [0.5, 0.6) is 5.75 Å². The molecule has 7 nitrogen and oxygen atoms in total. The number of para-hydroxylation sites is 1. The Kier molecular flexibility index (Phi) is 8.03. The van der Waals surface area contributed by atoms with Gasteiger partial charge in [-0.2, -0.15) is 0 Å². The van der Waals surface area contributed by atoms with Crippen LogP contribution in [0.15, 0.2) is 80.1 Å². The standard InChI is InChI=1S/C30H26Cl2N2O5S/c1-5-37-29(36)26-17(4)33-30-34(27(26)21-8-6-7-9-23(21)38-16(2)3)28(35)25(40-30)15-19-11-13-24(39-19)20-12-10-18(31)14-22(20)32/h6-16,27H,5H2,1-4H3/b25-15-/t27-/m0/s1. The molecule has 0 spiro atoms. The molecule has 0 N–H and O–H groups in total. The molecule has 1 aliphatic rings. The highest BCUT2D eigenvalue weighted by Gasteiger charge is 2.35. The number of ether oxygens (including phenoxy) is 2. The minimum atomic E-state index is -0.785. The molecule has 5 rings (SSSR count). The Morgan fingerprint density at radius 2 is 1.95 bits per heavy atom. The lowest BCUT2D eigenvalue weighted by Crippen LogP contribution is -2.40. The van der Waals surface area contributed by atoms with E-state index in [-0.39, 0.29) is 18.3 Å². The van der Waals surface area contributed by atoms with Crippen molar-refractivity contribution in [3.63, 3.8) is 0 Å². The Labute approximate surface area is 244 Å². The van der Waals surface area contributed by atoms with Gasteiger partial charge < -0.3 is 13.9 Å². The monoisotopic (exact) mass is 596 g/mol. The summed E-state index contributed by atoms with van der Waals surface area (Å²) < 4.78 is 19.4. The van der Waals surface area contributed by atoms with Gasteiger partial charge in [0.2, 0.25) is 0 Å². The van der Waals surface area contributed by atoms with Gasteiger partial charge in [-0.05, 0) is 64.1 Å². The highest BCUT2D eigenvalue weighted by molar-refractivity contribution is 7.07. The third-order valence-corrected chi connectivity index (χ3v) is 7.72. The molecule has 2 aromatic heterocycles. The Balaban J connectivity index is 1.66. The number of thiazole rings is 1. The molecule has 0 saturated heterocycles. The van der Waals surface area contributed by atoms with Crippen LogP contribution in [0.3, 0.4) is 0 Å². The van der Waals surface area contributed by atoms with Crippen LogP contribution in [-0.2, 0) is 9.53 Å². The van der Waals surface area contributed by atoms with Crippen molar-refractivity contribution in [3.8, 4) is 17.1 Å². The van der Waals surface area contributed by atoms with E-state index in [0.29, 0.717) is 59.0 Å². The molecule has 0 unspecified atom stereocenters. The van der Waals surface area contributed by atoms with E-state index < -0.39 is 12.0 Å². The molecule has 10 heteroatoms. The second kappa shape index (κ2) is 11.5. The van der Waals surface area contributed by atoms with E-state index in [1.165, 1.54) is 15.9 Å². The summed E-state index contributed by atoms with van der Waals surface area (Å²) >= 11 is 13.6. The first-order valence-electron chi connectivity index (χ1n) is 12.7. The number of esters is 1. The summed E-state index contributed by atoms with van der Waals surface area (Å²) in [6.45, 7) is 7.52. The Hall–Kier alpha value is -3.59. The fourth-order valence-electron chi connectivity index (χ4n) is 4.55. The average molecular weight is 598 g/mol. The number of allylic oxidation sites excluding steroid dienone is 1. The van der Waals surface area contributed by atoms with E-state index in [1.807, 2.05) is 38.1 Å². The zero-order chi connectivity index (χ0) is 28.6. The number of nitrogens with zero attached hydrogens (tertiary/aromatic N) is 2. The second-order valence-corrected chi connectivity index (χ2v) is 11.2. The molecule has 1 atom stereocenters. The summed E-state index contributed by atoms with van der Waals surface area (Å²) in [6.07, 6.45) is 1.55. The van der Waals surface area contributed by atoms with E-state index in [0.717, 1.165) is 0 Å². The molecular weight excluding hydrogens is 571 g/mol. The van der Waals surface area contributed by atoms with Crippen LogP contribution < -0.4 is 19.6 Å². The SMILES string of the molecule is CCOC(=O)C1=C(C)N=c2s/c(=C\c3ccc(-c4ccc(Cl)cc4Cl)o3)c(=O)n2[C@H]1c1ccccc1OC(C)C. The lowest BCUT2D eigenvalue weighted by atomic mass is 9.95. The Morgan fingerprint density at radius 1 is 1.18 bits per heavy atom. The molecule has 0 saturated carbocycles. The van der Waals surface area contributed by atoms with Crippen LogP contribution in [0, 0.1) is 0 Å². The minimum absolute atomic E-state index is 0.115. The maximum absolute atomic E-state index is 13.9. The number of benzene rings is 2. The van der Waals surface area contributed by atoms with Gasteiger partial charge in [0.25, 0.3) is 5.56 Å². The van der Waals surface area contributed by atoms with Crippen molar-refractivity contribution in [1.82, 2.24) is 4.57 Å². The summed E-state index contributed by atoms with van der Waals surface area (Å²) in [7, 11) is 0. The molecule has 1 aliphatic heterocycles. The first-order valence-corrected chi connectivity index (χ1v) is 14.3. The molecule has 2 aromatic carbocycles. The highest BCUT2D eigenvalue weighted by Crippen LogP contribution is 2.36. The minimum Gasteiger partial charge on any atom is -0.491 e. The van der Waals surface area contributed by atoms with Crippen LogP contribution in [0.2, 0.25) is 10.0 Å². The molecule has 0 bridgehead atoms. The zero-order valence-electron chi connectivity index (χ0n) is 22.2. The highest BCUT2D eigenvalue weighted by atomic mass is 35.5. The topological polar surface area (TPSA) is 83.0 Å². The summed E-state index contributed by atoms with van der Waals surface area (Å²) in [5.74, 6) is 1.05. The molecule has 40 heavy (non-hydrogen) atoms. The van der Waals surface area contributed by atoms with Crippen LogP contribution >= 0.6 is 34.5 Å². The second-order valence-electron chi connectivity index (χ2n) is 9.33. The van der Waals surface area contributed by atoms with E-state index in [2.05, 4.69) is 4.99 Å². The third-order valence-electron chi connectivity index (χ3n) is 6.19. The largest absolute Gasteiger partial charge is 0.491 e. The first kappa shape index (κ1) is 28.0. The fraction of sp³-hybridized carbons (Fsp3) is 0.233. The number of rotatable bonds is 7. The number of hydrogen-bond donors (Lipinski definition) is 0. The van der Waals surface area contributed by atoms with Gasteiger partial charge in [0.1, 0.15) is 23.3 Å². The Bertz CT molecular complexity index is 1820. The van der Waals surface area contributed by atoms with Crippen molar-refractivity contribution in [1.29, 1.82) is 0 Å². The van der Waals surface area contributed by atoms with E-state index in [4.69, 9.17) is 37.1 Å². The van der Waals surface area contributed by atoms with Crippen molar-refractivity contribution in [3.05, 3.63) is 107 Å². The average Bonchev–Trinajstić information content (AvgIpc) is 3.47. The predicted molar refractivity (Wildman–Crippen MR) is 157 cm³/mol. The van der Waals surface area contributed by atoms with Crippen LogP contribution in [0.25, 0.3) is 17.4 Å². The molecule has 206 valence electrons. The first-order chi connectivity index (χ1) is 19.2. The van der Waals surface area contributed by atoms with Crippen molar-refractivity contribution < 1.29 is 18.7 Å². The fourth-order valence-corrected chi connectivity index (χ4v) is 6.08. The van der Waals surface area contributed by atoms with Crippen LogP contribution in [0.1, 0.15) is 45.1 Å². The van der Waals surface area contributed by atoms with Crippen molar-refractivity contribution in [2.45, 2.75) is 39.8 Å². The van der Waals surface area contributed by atoms with Crippen molar-refractivity contribution >= 4 is 46.6 Å². The van der Waals surface area contributed by atoms with E-state index >= 15 is 0 Å². The molecule has 4 aromatic rings. The van der Waals surface area contributed by atoms with Gasteiger partial charge in [0.15, 0.2) is 4.80 Å². The lowest BCUT2D eigenvalue weighted by molar-refractivity contribution is -0.139. The van der Waals surface area contributed by atoms with Gasteiger partial charge in [-0.3, -0.25) is 9.36 Å². The number of aromatic nitrogens is 1. The number of carbonyl (C=O) groups is 1. The van der Waals surface area contributed by atoms with Gasteiger partial charge >= 0.3 is 5.97 Å². The Morgan fingerprint density at radius 3 is 2.67 bits per heavy atom. The maximum atomic E-state index is 13.9. The summed E-state index contributed by atoms with van der Waals surface area (Å²) in [5, 5.41) is 0.978. The molecule has 0 fully saturated rings. The van der Waals surface area contributed by atoms with Gasteiger partial charge in [-0.1, -0.05) is 52.7 Å². The van der Waals surface area contributed by atoms with E-state index in [1.54, 1.807) is 50.3 Å². The summed E-state index contributed by atoms with van der Waals surface area (Å²) in [6, 6.07) is 15.3. The number of fused-ring (bicyclic) bond motifs is 1. The smallest absolute Gasteiger partial charge is 0.338 e. The predicted octanol–water partition coefficient (Wildman–Crippen LogP) is 6.15.